The summed E-state index contributed by atoms with van der Waals surface area (Å²) in [6.45, 7) is 2.78. The molecule has 19 heavy (non-hydrogen) atoms. The summed E-state index contributed by atoms with van der Waals surface area (Å²) >= 11 is 0. The summed E-state index contributed by atoms with van der Waals surface area (Å²) in [5.74, 6) is -0.868. The average molecular weight is 273 g/mol. The molecule has 1 aromatic carbocycles. The molecule has 0 heterocycles. The van der Waals surface area contributed by atoms with Crippen molar-refractivity contribution >= 4 is 0 Å². The summed E-state index contributed by atoms with van der Waals surface area (Å²) in [4.78, 5) is 0. The smallest absolute Gasteiger partial charge is 0.172 e. The fourth-order valence-electron chi connectivity index (χ4n) is 1.96. The van der Waals surface area contributed by atoms with Crippen LogP contribution in [0.1, 0.15) is 18.9 Å². The van der Waals surface area contributed by atoms with Gasteiger partial charge in [-0.2, -0.15) is 0 Å². The van der Waals surface area contributed by atoms with Gasteiger partial charge in [0.05, 0.1) is 6.04 Å². The van der Waals surface area contributed by atoms with Gasteiger partial charge in [-0.25, -0.2) is 8.78 Å². The van der Waals surface area contributed by atoms with Gasteiger partial charge in [0.25, 0.3) is 0 Å². The Bertz CT molecular complexity index is 384. The van der Waals surface area contributed by atoms with Gasteiger partial charge in [0.2, 0.25) is 0 Å². The number of hydrogen-bond donors (Lipinski definition) is 1. The molecule has 108 valence electrons. The molecule has 0 fully saturated rings. The Morgan fingerprint density at radius 2 is 1.89 bits per heavy atom. The van der Waals surface area contributed by atoms with E-state index in [1.807, 2.05) is 6.92 Å². The Kier molecular flexibility index (Phi) is 6.91. The Morgan fingerprint density at radius 3 is 2.47 bits per heavy atom. The van der Waals surface area contributed by atoms with Crippen LogP contribution in [0.15, 0.2) is 18.2 Å². The number of benzene rings is 1. The second kappa shape index (κ2) is 8.19. The lowest BCUT2D eigenvalue weighted by atomic mass is 10.0. The predicted molar refractivity (Wildman–Crippen MR) is 69.9 cm³/mol. The molecule has 0 spiro atoms. The molecule has 5 heteroatoms. The third kappa shape index (κ3) is 4.86. The zero-order valence-corrected chi connectivity index (χ0v) is 11.6. The SMILES string of the molecule is CCCNC(Cc1cc(F)ccc1F)C(OC)OC. The molecule has 0 amide bonds. The van der Waals surface area contributed by atoms with Crippen LogP contribution in [-0.4, -0.2) is 33.1 Å². The van der Waals surface area contributed by atoms with Crippen LogP contribution in [0, 0.1) is 11.6 Å². The molecule has 1 aromatic rings. The first-order valence-corrected chi connectivity index (χ1v) is 6.35. The molecule has 1 rings (SSSR count). The first kappa shape index (κ1) is 16.0. The number of halogens is 2. The van der Waals surface area contributed by atoms with Gasteiger partial charge < -0.3 is 14.8 Å². The summed E-state index contributed by atoms with van der Waals surface area (Å²) in [7, 11) is 3.05. The van der Waals surface area contributed by atoms with Crippen molar-refractivity contribution in [1.29, 1.82) is 0 Å². The minimum Gasteiger partial charge on any atom is -0.354 e. The molecule has 0 bridgehead atoms. The first-order chi connectivity index (χ1) is 9.12. The molecule has 0 aliphatic carbocycles. The molecule has 0 aliphatic heterocycles. The number of hydrogen-bond acceptors (Lipinski definition) is 3. The lowest BCUT2D eigenvalue weighted by Gasteiger charge is -2.26. The van der Waals surface area contributed by atoms with E-state index in [1.54, 1.807) is 0 Å². The standard InChI is InChI=1S/C14H21F2NO2/c1-4-7-17-13(14(18-2)19-3)9-10-8-11(15)5-6-12(10)16/h5-6,8,13-14,17H,4,7,9H2,1-3H3. The van der Waals surface area contributed by atoms with Crippen LogP contribution in [0.3, 0.4) is 0 Å². The largest absolute Gasteiger partial charge is 0.354 e. The van der Waals surface area contributed by atoms with Crippen molar-refractivity contribution in [3.63, 3.8) is 0 Å². The van der Waals surface area contributed by atoms with Crippen molar-refractivity contribution in [2.24, 2.45) is 0 Å². The van der Waals surface area contributed by atoms with Crippen LogP contribution in [-0.2, 0) is 15.9 Å². The third-order valence-corrected chi connectivity index (χ3v) is 2.90. The van der Waals surface area contributed by atoms with Gasteiger partial charge in [-0.1, -0.05) is 6.92 Å². The summed E-state index contributed by atoms with van der Waals surface area (Å²) in [5, 5.41) is 3.23. The molecule has 0 aliphatic rings. The topological polar surface area (TPSA) is 30.5 Å². The average Bonchev–Trinajstić information content (AvgIpc) is 2.41. The van der Waals surface area contributed by atoms with Gasteiger partial charge in [0.15, 0.2) is 6.29 Å². The number of ether oxygens (including phenoxy) is 2. The zero-order chi connectivity index (χ0) is 14.3. The van der Waals surface area contributed by atoms with E-state index in [2.05, 4.69) is 5.32 Å². The highest BCUT2D eigenvalue weighted by Gasteiger charge is 2.22. The van der Waals surface area contributed by atoms with Crippen LogP contribution in [0.25, 0.3) is 0 Å². The molecule has 0 radical (unpaired) electrons. The quantitative estimate of drug-likeness (QED) is 0.738. The summed E-state index contributed by atoms with van der Waals surface area (Å²) < 4.78 is 37.2. The van der Waals surface area contributed by atoms with Gasteiger partial charge in [0.1, 0.15) is 11.6 Å². The highest BCUT2D eigenvalue weighted by Crippen LogP contribution is 2.14. The van der Waals surface area contributed by atoms with Crippen LogP contribution in [0.4, 0.5) is 8.78 Å². The summed E-state index contributed by atoms with van der Waals surface area (Å²) in [6.07, 6.45) is 0.729. The highest BCUT2D eigenvalue weighted by atomic mass is 19.1. The molecule has 0 saturated carbocycles. The zero-order valence-electron chi connectivity index (χ0n) is 11.6. The van der Waals surface area contributed by atoms with Crippen molar-refractivity contribution in [2.75, 3.05) is 20.8 Å². The monoisotopic (exact) mass is 273 g/mol. The molecule has 1 N–H and O–H groups in total. The van der Waals surface area contributed by atoms with Crippen molar-refractivity contribution in [3.8, 4) is 0 Å². The van der Waals surface area contributed by atoms with Gasteiger partial charge in [-0.3, -0.25) is 0 Å². The van der Waals surface area contributed by atoms with E-state index in [0.29, 0.717) is 12.0 Å². The Morgan fingerprint density at radius 1 is 1.21 bits per heavy atom. The third-order valence-electron chi connectivity index (χ3n) is 2.90. The van der Waals surface area contributed by atoms with Gasteiger partial charge in [0, 0.05) is 14.2 Å². The number of methoxy groups -OCH3 is 2. The second-order valence-electron chi connectivity index (χ2n) is 4.34. The van der Waals surface area contributed by atoms with E-state index < -0.39 is 17.9 Å². The lowest BCUT2D eigenvalue weighted by Crippen LogP contribution is -2.44. The lowest BCUT2D eigenvalue weighted by molar-refractivity contribution is -0.122. The molecular formula is C14H21F2NO2. The summed E-state index contributed by atoms with van der Waals surface area (Å²) in [5.41, 5.74) is 0.313. The van der Waals surface area contributed by atoms with Gasteiger partial charge in [-0.05, 0) is 43.1 Å². The van der Waals surface area contributed by atoms with Crippen LogP contribution in [0.5, 0.6) is 0 Å². The van der Waals surface area contributed by atoms with Crippen molar-refractivity contribution in [1.82, 2.24) is 5.32 Å². The van der Waals surface area contributed by atoms with E-state index in [0.717, 1.165) is 25.1 Å². The summed E-state index contributed by atoms with van der Waals surface area (Å²) in [6, 6.07) is 3.22. The Hall–Kier alpha value is -1.04. The van der Waals surface area contributed by atoms with Crippen molar-refractivity contribution in [2.45, 2.75) is 32.1 Å². The maximum atomic E-state index is 13.6. The fraction of sp³-hybridized carbons (Fsp3) is 0.571. The van der Waals surface area contributed by atoms with Gasteiger partial charge >= 0.3 is 0 Å². The molecular weight excluding hydrogens is 252 g/mol. The molecule has 0 aromatic heterocycles. The van der Waals surface area contributed by atoms with E-state index >= 15 is 0 Å². The predicted octanol–water partition coefficient (Wildman–Crippen LogP) is 2.49. The highest BCUT2D eigenvalue weighted by molar-refractivity contribution is 5.20. The maximum absolute atomic E-state index is 13.6. The van der Waals surface area contributed by atoms with E-state index in [9.17, 15) is 8.78 Å². The minimum absolute atomic E-state index is 0.230. The Labute approximate surface area is 112 Å². The number of nitrogens with one attached hydrogen (secondary N) is 1. The van der Waals surface area contributed by atoms with Crippen molar-refractivity contribution < 1.29 is 18.3 Å². The Balaban J connectivity index is 2.83. The molecule has 0 saturated heterocycles. The van der Waals surface area contributed by atoms with E-state index in [1.165, 1.54) is 20.3 Å². The van der Waals surface area contributed by atoms with Gasteiger partial charge in [-0.15, -0.1) is 0 Å². The molecule has 3 nitrogen and oxygen atoms in total. The fourth-order valence-corrected chi connectivity index (χ4v) is 1.96. The van der Waals surface area contributed by atoms with Crippen molar-refractivity contribution in [3.05, 3.63) is 35.4 Å². The van der Waals surface area contributed by atoms with Crippen LogP contribution < -0.4 is 5.32 Å². The normalized spacial score (nSPS) is 12.9. The van der Waals surface area contributed by atoms with E-state index in [4.69, 9.17) is 9.47 Å². The molecule has 1 atom stereocenters. The first-order valence-electron chi connectivity index (χ1n) is 6.35. The maximum Gasteiger partial charge on any atom is 0.172 e. The van der Waals surface area contributed by atoms with Crippen LogP contribution in [0.2, 0.25) is 0 Å². The second-order valence-corrected chi connectivity index (χ2v) is 4.34. The molecule has 1 unspecified atom stereocenters. The minimum atomic E-state index is -0.505. The van der Waals surface area contributed by atoms with E-state index in [-0.39, 0.29) is 6.04 Å². The number of rotatable bonds is 8. The van der Waals surface area contributed by atoms with Crippen LogP contribution >= 0.6 is 0 Å².